The highest BCUT2D eigenvalue weighted by atomic mass is 16.5. The van der Waals surface area contributed by atoms with E-state index in [-0.39, 0.29) is 0 Å². The number of nitrogens with two attached hydrogens (primary N) is 1. The van der Waals surface area contributed by atoms with Gasteiger partial charge in [0.1, 0.15) is 0 Å². The number of hydrogen-bond donors (Lipinski definition) is 2. The molecule has 4 nitrogen and oxygen atoms in total. The van der Waals surface area contributed by atoms with Gasteiger partial charge in [0.2, 0.25) is 0 Å². The van der Waals surface area contributed by atoms with Gasteiger partial charge in [-0.2, -0.15) is 0 Å². The standard InChI is InChI=1S/C2H6N2O2/c1-6-2(5)4-3/h3H2,1H3,(H,4,5)/i1D3. The van der Waals surface area contributed by atoms with E-state index in [1.165, 1.54) is 5.43 Å². The Bertz CT molecular complexity index is 111. The largest absolute Gasteiger partial charge is 0.452 e. The summed E-state index contributed by atoms with van der Waals surface area (Å²) < 4.78 is 22.8. The predicted molar refractivity (Wildman–Crippen MR) is 19.7 cm³/mol. The molecule has 0 fully saturated rings. The van der Waals surface area contributed by atoms with Gasteiger partial charge in [-0.25, -0.2) is 10.6 Å². The van der Waals surface area contributed by atoms with Crippen molar-refractivity contribution in [2.24, 2.45) is 5.84 Å². The zero-order valence-electron chi connectivity index (χ0n) is 5.89. The lowest BCUT2D eigenvalue weighted by Crippen LogP contribution is -2.29. The van der Waals surface area contributed by atoms with Crippen LogP contribution >= 0.6 is 0 Å². The van der Waals surface area contributed by atoms with Crippen molar-refractivity contribution < 1.29 is 13.6 Å². The Kier molecular flexibility index (Phi) is 0.736. The van der Waals surface area contributed by atoms with Crippen LogP contribution in [-0.4, -0.2) is 13.1 Å². The average molecular weight is 93.1 g/mol. The number of carbonyl (C=O) groups is 1. The SMILES string of the molecule is [2H]C([2H])([2H])OC(=O)NN. The maximum absolute atomic E-state index is 10.0. The fourth-order valence-corrected chi connectivity index (χ4v) is 0.0295. The Morgan fingerprint density at radius 3 is 3.17 bits per heavy atom. The number of rotatable bonds is 0. The molecule has 6 heavy (non-hydrogen) atoms. The van der Waals surface area contributed by atoms with Crippen molar-refractivity contribution in [2.45, 2.75) is 0 Å². The van der Waals surface area contributed by atoms with Gasteiger partial charge in [0.05, 0.1) is 11.2 Å². The summed E-state index contributed by atoms with van der Waals surface area (Å²) in [7, 11) is -2.72. The molecule has 3 N–H and O–H groups in total. The third-order valence-corrected chi connectivity index (χ3v) is 0.211. The molecule has 0 aromatic rings. The molecule has 0 atom stereocenters. The molecule has 0 aliphatic heterocycles. The second kappa shape index (κ2) is 2.47. The van der Waals surface area contributed by atoms with Crippen molar-refractivity contribution in [3.63, 3.8) is 0 Å². The predicted octanol–water partition coefficient (Wildman–Crippen LogP) is -0.784. The number of amides is 1. The van der Waals surface area contributed by atoms with Crippen LogP contribution in [0.4, 0.5) is 4.79 Å². The number of methoxy groups -OCH3 is 1. The van der Waals surface area contributed by atoms with E-state index in [9.17, 15) is 4.79 Å². The molecule has 0 saturated heterocycles. The minimum absolute atomic E-state index is 1.17. The Balaban J connectivity index is 3.60. The highest BCUT2D eigenvalue weighted by molar-refractivity contribution is 5.65. The summed E-state index contributed by atoms with van der Waals surface area (Å²) in [5.41, 5.74) is 1.50. The number of carbonyl (C=O) groups excluding carboxylic acids is 1. The topological polar surface area (TPSA) is 64.3 Å². The smallest absolute Gasteiger partial charge is 0.421 e. The molecule has 0 heterocycles. The van der Waals surface area contributed by atoms with Gasteiger partial charge in [0.25, 0.3) is 0 Å². The molecule has 0 aromatic carbocycles. The molecular formula is C2H6N2O2. The van der Waals surface area contributed by atoms with Gasteiger partial charge < -0.3 is 4.74 Å². The summed E-state index contributed by atoms with van der Waals surface area (Å²) in [4.78, 5) is 10.0. The molecular weight excluding hydrogens is 84.0 g/mol. The number of ether oxygens (including phenoxy) is 1. The van der Waals surface area contributed by atoms with Gasteiger partial charge in [0, 0.05) is 0 Å². The Morgan fingerprint density at radius 2 is 3.00 bits per heavy atom. The summed E-state index contributed by atoms with van der Waals surface area (Å²) in [6.45, 7) is 0. The average Bonchev–Trinajstić information content (AvgIpc) is 1.62. The first kappa shape index (κ1) is 1.79. The molecule has 36 valence electrons. The Morgan fingerprint density at radius 1 is 2.33 bits per heavy atom. The van der Waals surface area contributed by atoms with Gasteiger partial charge in [0.15, 0.2) is 0 Å². The lowest BCUT2D eigenvalue weighted by molar-refractivity contribution is 0.171. The molecule has 0 saturated carbocycles. The van der Waals surface area contributed by atoms with Crippen LogP contribution in [0.2, 0.25) is 0 Å². The lowest BCUT2D eigenvalue weighted by Gasteiger charge is -1.90. The van der Waals surface area contributed by atoms with E-state index in [1.807, 2.05) is 0 Å². The van der Waals surface area contributed by atoms with E-state index in [4.69, 9.17) is 4.11 Å². The van der Waals surface area contributed by atoms with Crippen molar-refractivity contribution in [2.75, 3.05) is 7.04 Å². The number of hydrogen-bond acceptors (Lipinski definition) is 3. The van der Waals surface area contributed by atoms with E-state index >= 15 is 0 Å². The van der Waals surface area contributed by atoms with Crippen molar-refractivity contribution in [1.29, 1.82) is 0 Å². The first-order valence-corrected chi connectivity index (χ1v) is 1.15. The molecule has 1 amide bonds. The summed E-state index contributed by atoms with van der Waals surface area (Å²) >= 11 is 0. The van der Waals surface area contributed by atoms with Crippen LogP contribution in [-0.2, 0) is 4.74 Å². The van der Waals surface area contributed by atoms with Crippen molar-refractivity contribution in [3.8, 4) is 0 Å². The van der Waals surface area contributed by atoms with E-state index in [0.29, 0.717) is 0 Å². The first-order valence-electron chi connectivity index (χ1n) is 2.65. The van der Waals surface area contributed by atoms with Crippen LogP contribution < -0.4 is 11.3 Å². The summed E-state index contributed by atoms with van der Waals surface area (Å²) in [6.07, 6.45) is -1.17. The van der Waals surface area contributed by atoms with Gasteiger partial charge in [-0.3, -0.25) is 5.43 Å². The summed E-state index contributed by atoms with van der Waals surface area (Å²) in [5.74, 6) is 4.50. The van der Waals surface area contributed by atoms with Gasteiger partial charge in [-0.15, -0.1) is 0 Å². The molecule has 4 heteroatoms. The number of nitrogens with one attached hydrogen (secondary N) is 1. The Labute approximate surface area is 39.5 Å². The number of hydrazine groups is 1. The fraction of sp³-hybridized carbons (Fsp3) is 0.500. The summed E-state index contributed by atoms with van der Waals surface area (Å²) in [6, 6.07) is 0. The highest BCUT2D eigenvalue weighted by Gasteiger charge is 1.85. The molecule has 0 aromatic heterocycles. The second-order valence-electron chi connectivity index (χ2n) is 0.534. The van der Waals surface area contributed by atoms with Gasteiger partial charge >= 0.3 is 6.09 Å². The molecule has 0 aliphatic carbocycles. The Hall–Kier alpha value is -0.770. The summed E-state index contributed by atoms with van der Waals surface area (Å²) in [5, 5.41) is 0. The molecule has 0 unspecified atom stereocenters. The monoisotopic (exact) mass is 93.1 g/mol. The van der Waals surface area contributed by atoms with Gasteiger partial charge in [-0.05, 0) is 0 Å². The zero-order valence-corrected chi connectivity index (χ0v) is 2.89. The van der Waals surface area contributed by atoms with Crippen LogP contribution in [0.1, 0.15) is 4.11 Å². The minimum Gasteiger partial charge on any atom is -0.452 e. The molecule has 0 radical (unpaired) electrons. The molecule has 0 aliphatic rings. The van der Waals surface area contributed by atoms with E-state index in [2.05, 4.69) is 10.6 Å². The normalized spacial score (nSPS) is 16.5. The first-order chi connectivity index (χ1) is 3.95. The van der Waals surface area contributed by atoms with Crippen molar-refractivity contribution >= 4 is 6.09 Å². The van der Waals surface area contributed by atoms with Crippen molar-refractivity contribution in [3.05, 3.63) is 0 Å². The van der Waals surface area contributed by atoms with Crippen LogP contribution in [0, 0.1) is 0 Å². The third kappa shape index (κ3) is 1.54. The highest BCUT2D eigenvalue weighted by Crippen LogP contribution is 1.60. The second-order valence-corrected chi connectivity index (χ2v) is 0.534. The van der Waals surface area contributed by atoms with Crippen molar-refractivity contribution in [1.82, 2.24) is 5.43 Å². The van der Waals surface area contributed by atoms with Crippen LogP contribution in [0.25, 0.3) is 0 Å². The molecule has 0 spiro atoms. The maximum atomic E-state index is 10.0. The molecule has 0 rings (SSSR count). The van der Waals surface area contributed by atoms with E-state index < -0.39 is 13.1 Å². The molecule has 0 bridgehead atoms. The lowest BCUT2D eigenvalue weighted by atomic mass is 11.2. The van der Waals surface area contributed by atoms with Crippen LogP contribution in [0.3, 0.4) is 0 Å². The fourth-order valence-electron chi connectivity index (χ4n) is 0.0295. The van der Waals surface area contributed by atoms with Crippen LogP contribution in [0.15, 0.2) is 0 Å². The quantitative estimate of drug-likeness (QED) is 0.234. The van der Waals surface area contributed by atoms with E-state index in [1.54, 1.807) is 0 Å². The van der Waals surface area contributed by atoms with E-state index in [0.717, 1.165) is 0 Å². The zero-order chi connectivity index (χ0) is 7.49. The minimum atomic E-state index is -2.72. The van der Waals surface area contributed by atoms with Gasteiger partial charge in [-0.1, -0.05) is 0 Å². The van der Waals surface area contributed by atoms with Crippen LogP contribution in [0.5, 0.6) is 0 Å². The third-order valence-electron chi connectivity index (χ3n) is 0.211. The maximum Gasteiger partial charge on any atom is 0.421 e.